The van der Waals surface area contributed by atoms with E-state index in [1.807, 2.05) is 49.4 Å². The van der Waals surface area contributed by atoms with E-state index >= 15 is 0 Å². The molecule has 2 amide bonds. The molecule has 1 atom stereocenters. The fourth-order valence-electron chi connectivity index (χ4n) is 4.20. The summed E-state index contributed by atoms with van der Waals surface area (Å²) in [4.78, 5) is 30.5. The van der Waals surface area contributed by atoms with Crippen LogP contribution in [0.25, 0.3) is 0 Å². The molecule has 0 bridgehead atoms. The molecule has 0 aromatic heterocycles. The molecule has 1 saturated heterocycles. The van der Waals surface area contributed by atoms with Crippen molar-refractivity contribution < 1.29 is 19.2 Å². The smallest absolute Gasteiger partial charge is 0.285 e. The molecule has 2 aliphatic heterocycles. The van der Waals surface area contributed by atoms with Crippen molar-refractivity contribution >= 4 is 28.9 Å². The number of ether oxygens (including phenoxy) is 1. The number of piperazine rings is 1. The van der Waals surface area contributed by atoms with Gasteiger partial charge in [0, 0.05) is 0 Å². The predicted molar refractivity (Wildman–Crippen MR) is 113 cm³/mol. The number of carbonyl (C=O) groups is 2. The SMILES string of the molecule is COc1ccccc1N1CC[NH+]([C@@H](C)C(=O)N2CC(=O)Nc3ccccc32)CC1. The Bertz CT molecular complexity index is 908. The molecule has 0 radical (unpaired) electrons. The predicted octanol–water partition coefficient (Wildman–Crippen LogP) is 0.774. The van der Waals surface area contributed by atoms with Gasteiger partial charge in [0.1, 0.15) is 12.3 Å². The first-order chi connectivity index (χ1) is 14.1. The van der Waals surface area contributed by atoms with Gasteiger partial charge in [-0.25, -0.2) is 0 Å². The zero-order valence-electron chi connectivity index (χ0n) is 16.9. The minimum absolute atomic E-state index is 0.00644. The van der Waals surface area contributed by atoms with Crippen LogP contribution in [0.2, 0.25) is 0 Å². The maximum atomic E-state index is 13.2. The number of nitrogens with zero attached hydrogens (tertiary/aromatic N) is 2. The van der Waals surface area contributed by atoms with Crippen molar-refractivity contribution in [2.45, 2.75) is 13.0 Å². The minimum Gasteiger partial charge on any atom is -0.495 e. The van der Waals surface area contributed by atoms with Crippen LogP contribution in [-0.2, 0) is 9.59 Å². The molecule has 2 N–H and O–H groups in total. The van der Waals surface area contributed by atoms with Gasteiger partial charge >= 0.3 is 0 Å². The summed E-state index contributed by atoms with van der Waals surface area (Å²) in [6.45, 7) is 5.44. The molecule has 7 nitrogen and oxygen atoms in total. The zero-order valence-corrected chi connectivity index (χ0v) is 16.9. The number of carbonyl (C=O) groups excluding carboxylic acids is 2. The Labute approximate surface area is 170 Å². The minimum atomic E-state index is -0.214. The number of rotatable bonds is 4. The Morgan fingerprint density at radius 3 is 2.45 bits per heavy atom. The lowest BCUT2D eigenvalue weighted by molar-refractivity contribution is -0.914. The van der Waals surface area contributed by atoms with Crippen LogP contribution in [0.5, 0.6) is 5.75 Å². The van der Waals surface area contributed by atoms with Crippen LogP contribution in [0, 0.1) is 0 Å². The summed E-state index contributed by atoms with van der Waals surface area (Å²) in [6, 6.07) is 15.3. The highest BCUT2D eigenvalue weighted by atomic mass is 16.5. The van der Waals surface area contributed by atoms with E-state index in [0.717, 1.165) is 43.3 Å². The summed E-state index contributed by atoms with van der Waals surface area (Å²) in [5.41, 5.74) is 2.56. The van der Waals surface area contributed by atoms with Gasteiger partial charge in [-0.15, -0.1) is 0 Å². The molecule has 0 saturated carbocycles. The normalized spacial score (nSPS) is 18.1. The van der Waals surface area contributed by atoms with Crippen molar-refractivity contribution in [2.24, 2.45) is 0 Å². The van der Waals surface area contributed by atoms with E-state index in [4.69, 9.17) is 4.74 Å². The fourth-order valence-corrected chi connectivity index (χ4v) is 4.20. The molecule has 0 aliphatic carbocycles. The number of hydrogen-bond acceptors (Lipinski definition) is 4. The van der Waals surface area contributed by atoms with Gasteiger partial charge in [-0.2, -0.15) is 0 Å². The van der Waals surface area contributed by atoms with E-state index in [-0.39, 0.29) is 24.4 Å². The van der Waals surface area contributed by atoms with Crippen LogP contribution in [0.4, 0.5) is 17.1 Å². The molecule has 2 aromatic carbocycles. The third-order valence-corrected chi connectivity index (χ3v) is 5.85. The van der Waals surface area contributed by atoms with Crippen molar-refractivity contribution in [3.8, 4) is 5.75 Å². The molecule has 29 heavy (non-hydrogen) atoms. The maximum absolute atomic E-state index is 13.2. The van der Waals surface area contributed by atoms with Crippen LogP contribution in [0.15, 0.2) is 48.5 Å². The molecular formula is C22H27N4O3+. The topological polar surface area (TPSA) is 66.3 Å². The van der Waals surface area contributed by atoms with Crippen LogP contribution in [0.1, 0.15) is 6.92 Å². The summed E-state index contributed by atoms with van der Waals surface area (Å²) < 4.78 is 5.49. The second-order valence-electron chi connectivity index (χ2n) is 7.53. The Morgan fingerprint density at radius 1 is 1.07 bits per heavy atom. The zero-order chi connectivity index (χ0) is 20.4. The Hall–Kier alpha value is -3.06. The standard InChI is InChI=1S/C22H26N4O3/c1-16(22(28)26-15-21(27)23-17-7-3-4-8-18(17)26)24-11-13-25(14-12-24)19-9-5-6-10-20(19)29-2/h3-10,16H,11-15H2,1-2H3,(H,23,27)/p+1/t16-/m0/s1. The lowest BCUT2D eigenvalue weighted by Crippen LogP contribution is -3.19. The first-order valence-corrected chi connectivity index (χ1v) is 10.0. The summed E-state index contributed by atoms with van der Waals surface area (Å²) >= 11 is 0. The molecular weight excluding hydrogens is 368 g/mol. The summed E-state index contributed by atoms with van der Waals surface area (Å²) in [6.07, 6.45) is 0. The van der Waals surface area contributed by atoms with Gasteiger partial charge in [-0.05, 0) is 31.2 Å². The van der Waals surface area contributed by atoms with Gasteiger partial charge in [-0.1, -0.05) is 24.3 Å². The van der Waals surface area contributed by atoms with E-state index in [0.29, 0.717) is 5.69 Å². The summed E-state index contributed by atoms with van der Waals surface area (Å²) in [5.74, 6) is 0.712. The third-order valence-electron chi connectivity index (χ3n) is 5.85. The van der Waals surface area contributed by atoms with E-state index in [2.05, 4.69) is 16.3 Å². The molecule has 7 heteroatoms. The molecule has 0 unspecified atom stereocenters. The van der Waals surface area contributed by atoms with Crippen molar-refractivity contribution in [2.75, 3.05) is 55.0 Å². The molecule has 0 spiro atoms. The lowest BCUT2D eigenvalue weighted by atomic mass is 10.1. The van der Waals surface area contributed by atoms with Gasteiger partial charge in [-0.3, -0.25) is 14.5 Å². The number of nitrogens with one attached hydrogen (secondary N) is 2. The maximum Gasteiger partial charge on any atom is 0.285 e. The summed E-state index contributed by atoms with van der Waals surface area (Å²) in [7, 11) is 1.69. The highest BCUT2D eigenvalue weighted by molar-refractivity contribution is 6.10. The number of amides is 2. The average molecular weight is 395 g/mol. The lowest BCUT2D eigenvalue weighted by Gasteiger charge is -2.38. The number of methoxy groups -OCH3 is 1. The highest BCUT2D eigenvalue weighted by Gasteiger charge is 2.36. The second kappa shape index (κ2) is 8.13. The van der Waals surface area contributed by atoms with E-state index in [1.165, 1.54) is 4.90 Å². The Kier molecular flexibility index (Phi) is 5.40. The first-order valence-electron chi connectivity index (χ1n) is 10.0. The van der Waals surface area contributed by atoms with Crippen LogP contribution in [0.3, 0.4) is 0 Å². The van der Waals surface area contributed by atoms with Gasteiger partial charge in [0.25, 0.3) is 5.91 Å². The van der Waals surface area contributed by atoms with Crippen molar-refractivity contribution in [3.63, 3.8) is 0 Å². The number of quaternary nitrogens is 1. The average Bonchev–Trinajstić information content (AvgIpc) is 2.77. The van der Waals surface area contributed by atoms with E-state index in [1.54, 1.807) is 12.0 Å². The third kappa shape index (κ3) is 3.78. The van der Waals surface area contributed by atoms with Crippen molar-refractivity contribution in [1.29, 1.82) is 0 Å². The quantitative estimate of drug-likeness (QED) is 0.803. The van der Waals surface area contributed by atoms with Crippen LogP contribution < -0.4 is 24.8 Å². The summed E-state index contributed by atoms with van der Waals surface area (Å²) in [5, 5.41) is 2.84. The van der Waals surface area contributed by atoms with Gasteiger partial charge in [0.15, 0.2) is 6.04 Å². The van der Waals surface area contributed by atoms with E-state index < -0.39 is 0 Å². The van der Waals surface area contributed by atoms with Crippen molar-refractivity contribution in [3.05, 3.63) is 48.5 Å². The number of benzene rings is 2. The number of fused-ring (bicyclic) bond motifs is 1. The Morgan fingerprint density at radius 2 is 1.72 bits per heavy atom. The monoisotopic (exact) mass is 395 g/mol. The fraction of sp³-hybridized carbons (Fsp3) is 0.364. The Balaban J connectivity index is 1.44. The first kappa shape index (κ1) is 19.3. The van der Waals surface area contributed by atoms with Crippen molar-refractivity contribution in [1.82, 2.24) is 0 Å². The molecule has 2 aromatic rings. The number of anilines is 3. The largest absolute Gasteiger partial charge is 0.495 e. The van der Waals surface area contributed by atoms with Gasteiger partial charge < -0.3 is 19.9 Å². The highest BCUT2D eigenvalue weighted by Crippen LogP contribution is 2.29. The van der Waals surface area contributed by atoms with Gasteiger partial charge in [0.05, 0.1) is 50.4 Å². The number of hydrogen-bond donors (Lipinski definition) is 2. The van der Waals surface area contributed by atoms with Crippen LogP contribution in [-0.4, -0.2) is 57.7 Å². The molecule has 2 heterocycles. The van der Waals surface area contributed by atoms with Crippen LogP contribution >= 0.6 is 0 Å². The molecule has 1 fully saturated rings. The van der Waals surface area contributed by atoms with Gasteiger partial charge in [0.2, 0.25) is 5.91 Å². The van der Waals surface area contributed by atoms with E-state index in [9.17, 15) is 9.59 Å². The number of para-hydroxylation sites is 4. The molecule has 4 rings (SSSR count). The molecule has 2 aliphatic rings. The molecule has 152 valence electrons. The second-order valence-corrected chi connectivity index (χ2v) is 7.53.